The molecule has 7 rings (SSSR count). The average molecular weight is 435 g/mol. The fourth-order valence-electron chi connectivity index (χ4n) is 4.64. The number of hydrogen-bond donors (Lipinski definition) is 0. The van der Waals surface area contributed by atoms with Crippen molar-refractivity contribution in [3.8, 4) is 22.3 Å². The van der Waals surface area contributed by atoms with E-state index in [1.165, 1.54) is 0 Å². The standard InChI is InChI=1S/C30H18N4/c1-3-21-9-11-23-15-25(17-33-29(23)27(21)31-13-1)19-5-7-20(8-6-19)26-16-24-12-10-22-4-2-14-32-28(22)30(24)34-18-26/h1-18H. The van der Waals surface area contributed by atoms with Gasteiger partial charge in [0, 0.05) is 57.5 Å². The van der Waals surface area contributed by atoms with E-state index in [1.807, 2.05) is 36.9 Å². The van der Waals surface area contributed by atoms with Gasteiger partial charge in [-0.25, -0.2) is 0 Å². The molecule has 0 unspecified atom stereocenters. The minimum atomic E-state index is 0.933. The van der Waals surface area contributed by atoms with E-state index in [1.54, 1.807) is 0 Å². The number of benzene rings is 3. The van der Waals surface area contributed by atoms with Crippen LogP contribution in [0.4, 0.5) is 0 Å². The molecule has 0 fully saturated rings. The lowest BCUT2D eigenvalue weighted by Crippen LogP contribution is -1.88. The maximum Gasteiger partial charge on any atom is 0.0964 e. The van der Waals surface area contributed by atoms with Gasteiger partial charge in [0.1, 0.15) is 0 Å². The molecule has 4 heteroatoms. The summed E-state index contributed by atoms with van der Waals surface area (Å²) in [4.78, 5) is 18.5. The summed E-state index contributed by atoms with van der Waals surface area (Å²) in [6.45, 7) is 0. The summed E-state index contributed by atoms with van der Waals surface area (Å²) < 4.78 is 0. The van der Waals surface area contributed by atoms with Crippen molar-refractivity contribution < 1.29 is 0 Å². The Morgan fingerprint density at radius 1 is 0.353 bits per heavy atom. The van der Waals surface area contributed by atoms with E-state index in [0.29, 0.717) is 0 Å². The third-order valence-corrected chi connectivity index (χ3v) is 6.40. The average Bonchev–Trinajstić information content (AvgIpc) is 2.92. The third-order valence-electron chi connectivity index (χ3n) is 6.40. The Morgan fingerprint density at radius 3 is 1.24 bits per heavy atom. The van der Waals surface area contributed by atoms with Gasteiger partial charge in [-0.1, -0.05) is 60.7 Å². The molecule has 4 aromatic heterocycles. The van der Waals surface area contributed by atoms with Gasteiger partial charge in [-0.15, -0.1) is 0 Å². The van der Waals surface area contributed by atoms with Crippen LogP contribution in [0.25, 0.3) is 65.9 Å². The van der Waals surface area contributed by atoms with Crippen molar-refractivity contribution in [3.05, 3.63) is 110 Å². The number of aromatic nitrogens is 4. The van der Waals surface area contributed by atoms with Gasteiger partial charge in [0.05, 0.1) is 22.1 Å². The summed E-state index contributed by atoms with van der Waals surface area (Å²) in [5.41, 5.74) is 8.17. The first-order chi connectivity index (χ1) is 16.8. The Morgan fingerprint density at radius 2 is 0.765 bits per heavy atom. The van der Waals surface area contributed by atoms with Crippen LogP contribution >= 0.6 is 0 Å². The molecule has 0 saturated carbocycles. The van der Waals surface area contributed by atoms with Gasteiger partial charge < -0.3 is 0 Å². The Balaban J connectivity index is 1.26. The first-order valence-electron chi connectivity index (χ1n) is 11.2. The quantitative estimate of drug-likeness (QED) is 0.270. The second-order valence-corrected chi connectivity index (χ2v) is 8.45. The monoisotopic (exact) mass is 434 g/mol. The number of pyridine rings is 4. The molecule has 158 valence electrons. The van der Waals surface area contributed by atoms with Crippen LogP contribution in [-0.4, -0.2) is 19.9 Å². The van der Waals surface area contributed by atoms with Crippen LogP contribution in [0.15, 0.2) is 110 Å². The normalized spacial score (nSPS) is 11.5. The third kappa shape index (κ3) is 3.00. The molecule has 0 aliphatic carbocycles. The summed E-state index contributed by atoms with van der Waals surface area (Å²) in [6.07, 6.45) is 7.50. The summed E-state index contributed by atoms with van der Waals surface area (Å²) >= 11 is 0. The van der Waals surface area contributed by atoms with E-state index in [4.69, 9.17) is 9.97 Å². The zero-order chi connectivity index (χ0) is 22.5. The van der Waals surface area contributed by atoms with E-state index in [2.05, 4.69) is 82.8 Å². The molecule has 4 nitrogen and oxygen atoms in total. The van der Waals surface area contributed by atoms with Crippen molar-refractivity contribution in [2.24, 2.45) is 0 Å². The Labute approximate surface area is 195 Å². The van der Waals surface area contributed by atoms with E-state index in [-0.39, 0.29) is 0 Å². The molecule has 34 heavy (non-hydrogen) atoms. The van der Waals surface area contributed by atoms with Crippen LogP contribution in [0.3, 0.4) is 0 Å². The van der Waals surface area contributed by atoms with Crippen LogP contribution in [0.5, 0.6) is 0 Å². The van der Waals surface area contributed by atoms with Crippen molar-refractivity contribution in [1.29, 1.82) is 0 Å². The fourth-order valence-corrected chi connectivity index (χ4v) is 4.64. The molecule has 0 aliphatic rings. The van der Waals surface area contributed by atoms with Crippen LogP contribution in [0, 0.1) is 0 Å². The lowest BCUT2D eigenvalue weighted by molar-refractivity contribution is 1.37. The smallest absolute Gasteiger partial charge is 0.0964 e. The van der Waals surface area contributed by atoms with E-state index >= 15 is 0 Å². The second-order valence-electron chi connectivity index (χ2n) is 8.45. The molecule has 0 atom stereocenters. The Bertz CT molecular complexity index is 1720. The maximum atomic E-state index is 4.75. The predicted molar refractivity (Wildman–Crippen MR) is 139 cm³/mol. The number of hydrogen-bond acceptors (Lipinski definition) is 4. The Kier molecular flexibility index (Phi) is 4.11. The number of nitrogens with zero attached hydrogens (tertiary/aromatic N) is 4. The lowest BCUT2D eigenvalue weighted by Gasteiger charge is -2.08. The van der Waals surface area contributed by atoms with Gasteiger partial charge in [0.15, 0.2) is 0 Å². The first-order valence-corrected chi connectivity index (χ1v) is 11.2. The summed E-state index contributed by atoms with van der Waals surface area (Å²) in [7, 11) is 0. The van der Waals surface area contributed by atoms with Gasteiger partial charge in [-0.2, -0.15) is 0 Å². The van der Waals surface area contributed by atoms with E-state index in [0.717, 1.165) is 65.9 Å². The highest BCUT2D eigenvalue weighted by Crippen LogP contribution is 2.30. The topological polar surface area (TPSA) is 51.6 Å². The molecular weight excluding hydrogens is 416 g/mol. The van der Waals surface area contributed by atoms with Crippen LogP contribution < -0.4 is 0 Å². The molecule has 7 aromatic rings. The van der Waals surface area contributed by atoms with Gasteiger partial charge in [-0.05, 0) is 35.4 Å². The highest BCUT2D eigenvalue weighted by Gasteiger charge is 2.08. The first kappa shape index (κ1) is 18.8. The maximum absolute atomic E-state index is 4.75. The molecule has 0 N–H and O–H groups in total. The largest absolute Gasteiger partial charge is 0.254 e. The summed E-state index contributed by atoms with van der Waals surface area (Å²) in [6, 6.07) is 29.4. The molecule has 0 amide bonds. The lowest BCUT2D eigenvalue weighted by atomic mass is 10.00. The molecule has 0 saturated heterocycles. The van der Waals surface area contributed by atoms with Crippen LogP contribution in [0.2, 0.25) is 0 Å². The predicted octanol–water partition coefficient (Wildman–Crippen LogP) is 7.21. The summed E-state index contributed by atoms with van der Waals surface area (Å²) in [5.74, 6) is 0. The van der Waals surface area contributed by atoms with Crippen molar-refractivity contribution in [1.82, 2.24) is 19.9 Å². The molecule has 0 bridgehead atoms. The van der Waals surface area contributed by atoms with Crippen LogP contribution in [-0.2, 0) is 0 Å². The number of rotatable bonds is 2. The minimum absolute atomic E-state index is 0.933. The van der Waals surface area contributed by atoms with E-state index in [9.17, 15) is 0 Å². The molecule has 0 aliphatic heterocycles. The Hall–Kier alpha value is -4.70. The van der Waals surface area contributed by atoms with Gasteiger partial charge >= 0.3 is 0 Å². The molecule has 3 aromatic carbocycles. The zero-order valence-electron chi connectivity index (χ0n) is 18.2. The minimum Gasteiger partial charge on any atom is -0.254 e. The van der Waals surface area contributed by atoms with Gasteiger partial charge in [0.2, 0.25) is 0 Å². The number of fused-ring (bicyclic) bond motifs is 6. The summed E-state index contributed by atoms with van der Waals surface area (Å²) in [5, 5.41) is 4.39. The molecular formula is C30H18N4. The highest BCUT2D eigenvalue weighted by molar-refractivity contribution is 6.04. The fraction of sp³-hybridized carbons (Fsp3) is 0. The SMILES string of the molecule is c1cnc2c(c1)ccc1cc(-c3ccc(-c4cnc5c(ccc6cccnc65)c4)cc3)cnc12. The van der Waals surface area contributed by atoms with Gasteiger partial charge in [0.25, 0.3) is 0 Å². The highest BCUT2D eigenvalue weighted by atomic mass is 14.7. The van der Waals surface area contributed by atoms with Crippen molar-refractivity contribution in [3.63, 3.8) is 0 Å². The molecule has 0 radical (unpaired) electrons. The van der Waals surface area contributed by atoms with Crippen LogP contribution in [0.1, 0.15) is 0 Å². The zero-order valence-corrected chi connectivity index (χ0v) is 18.2. The molecule has 0 spiro atoms. The van der Waals surface area contributed by atoms with Crippen molar-refractivity contribution >= 4 is 43.6 Å². The van der Waals surface area contributed by atoms with Crippen molar-refractivity contribution in [2.75, 3.05) is 0 Å². The van der Waals surface area contributed by atoms with E-state index < -0.39 is 0 Å². The molecule has 4 heterocycles. The van der Waals surface area contributed by atoms with Gasteiger partial charge in [-0.3, -0.25) is 19.9 Å². The van der Waals surface area contributed by atoms with Crippen molar-refractivity contribution in [2.45, 2.75) is 0 Å². The second kappa shape index (κ2) is 7.42.